The van der Waals surface area contributed by atoms with E-state index in [1.807, 2.05) is 36.4 Å². The van der Waals surface area contributed by atoms with E-state index in [0.717, 1.165) is 23.6 Å². The van der Waals surface area contributed by atoms with Gasteiger partial charge in [0.05, 0.1) is 16.8 Å². The van der Waals surface area contributed by atoms with Gasteiger partial charge in [-0.15, -0.1) is 0 Å². The average molecular weight is 467 g/mol. The van der Waals surface area contributed by atoms with Crippen molar-refractivity contribution >= 4 is 37.9 Å². The molecule has 3 aromatic carbocycles. The smallest absolute Gasteiger partial charge is 0.419 e. The number of carbonyl (C=O) groups is 1. The van der Waals surface area contributed by atoms with E-state index < -0.39 is 21.7 Å². The molecule has 8 nitrogen and oxygen atoms in total. The van der Waals surface area contributed by atoms with E-state index in [4.69, 9.17) is 9.15 Å². The number of ether oxygens (including phenoxy) is 1. The lowest BCUT2D eigenvalue weighted by Crippen LogP contribution is -2.27. The maximum Gasteiger partial charge on any atom is 0.419 e. The molecule has 5 rings (SSSR count). The van der Waals surface area contributed by atoms with Gasteiger partial charge in [0.1, 0.15) is 5.75 Å². The minimum atomic E-state index is -3.62. The average Bonchev–Trinajstić information content (AvgIpc) is 3.46. The molecule has 0 bridgehead atoms. The Bertz CT molecular complexity index is 1510. The van der Waals surface area contributed by atoms with Gasteiger partial charge < -0.3 is 9.15 Å². The van der Waals surface area contributed by atoms with Crippen molar-refractivity contribution in [1.82, 2.24) is 8.87 Å². The second kappa shape index (κ2) is 8.49. The first-order chi connectivity index (χ1) is 15.9. The Balaban J connectivity index is 1.34. The Kier molecular flexibility index (Phi) is 5.51. The van der Waals surface area contributed by atoms with E-state index in [9.17, 15) is 18.0 Å². The quantitative estimate of drug-likeness (QED) is 0.318. The van der Waals surface area contributed by atoms with Crippen molar-refractivity contribution in [2.24, 2.45) is 0 Å². The molecule has 0 spiro atoms. The molecule has 0 amide bonds. The SMILES string of the molecule is O=C(CCn1c(=O)oc2cc(S(=O)(=O)N3CCCC3)ccc21)Oc1cccc2ccccc12. The van der Waals surface area contributed by atoms with Crippen LogP contribution in [0.1, 0.15) is 19.3 Å². The lowest BCUT2D eigenvalue weighted by atomic mass is 10.1. The van der Waals surface area contributed by atoms with Gasteiger partial charge in [-0.2, -0.15) is 4.31 Å². The van der Waals surface area contributed by atoms with Gasteiger partial charge in [-0.05, 0) is 36.4 Å². The summed E-state index contributed by atoms with van der Waals surface area (Å²) in [5.74, 6) is -0.682. The van der Waals surface area contributed by atoms with Crippen LogP contribution in [0.5, 0.6) is 5.75 Å². The molecule has 1 aromatic heterocycles. The highest BCUT2D eigenvalue weighted by atomic mass is 32.2. The van der Waals surface area contributed by atoms with Crippen molar-refractivity contribution in [3.05, 3.63) is 71.2 Å². The Morgan fingerprint density at radius 3 is 2.58 bits per heavy atom. The zero-order chi connectivity index (χ0) is 23.0. The third-order valence-corrected chi connectivity index (χ3v) is 7.75. The first kappa shape index (κ1) is 21.4. The maximum atomic E-state index is 12.8. The topological polar surface area (TPSA) is 98.8 Å². The molecular weight excluding hydrogens is 444 g/mol. The Hall–Kier alpha value is -3.43. The predicted octanol–water partition coefficient (Wildman–Crippen LogP) is 3.53. The van der Waals surface area contributed by atoms with Crippen molar-refractivity contribution < 1.29 is 22.4 Å². The summed E-state index contributed by atoms with van der Waals surface area (Å²) in [6, 6.07) is 17.4. The van der Waals surface area contributed by atoms with E-state index in [-0.39, 0.29) is 23.4 Å². The van der Waals surface area contributed by atoms with Crippen LogP contribution in [0, 0.1) is 0 Å². The minimum Gasteiger partial charge on any atom is -0.426 e. The molecule has 0 radical (unpaired) electrons. The van der Waals surface area contributed by atoms with Crippen LogP contribution >= 0.6 is 0 Å². The lowest BCUT2D eigenvalue weighted by Gasteiger charge is -2.15. The molecule has 9 heteroatoms. The molecule has 1 fully saturated rings. The van der Waals surface area contributed by atoms with Gasteiger partial charge in [0, 0.05) is 31.1 Å². The fourth-order valence-electron chi connectivity index (χ4n) is 4.16. The van der Waals surface area contributed by atoms with Crippen molar-refractivity contribution in [3.8, 4) is 5.75 Å². The standard InChI is InChI=1S/C24H22N2O6S/c27-23(31-21-9-5-7-17-6-1-2-8-19(17)21)12-15-26-20-11-10-18(16-22(20)32-24(26)28)33(29,30)25-13-3-4-14-25/h1-2,5-11,16H,3-4,12-15H2. The summed E-state index contributed by atoms with van der Waals surface area (Å²) in [7, 11) is -3.62. The molecule has 1 saturated heterocycles. The zero-order valence-corrected chi connectivity index (χ0v) is 18.6. The van der Waals surface area contributed by atoms with Crippen LogP contribution < -0.4 is 10.5 Å². The molecule has 170 valence electrons. The van der Waals surface area contributed by atoms with Gasteiger partial charge in [0.25, 0.3) is 0 Å². The molecule has 1 aliphatic rings. The molecule has 1 aliphatic heterocycles. The van der Waals surface area contributed by atoms with E-state index in [1.54, 1.807) is 12.1 Å². The molecule has 0 atom stereocenters. The third kappa shape index (κ3) is 4.05. The monoisotopic (exact) mass is 466 g/mol. The second-order valence-corrected chi connectivity index (χ2v) is 9.90. The van der Waals surface area contributed by atoms with Gasteiger partial charge in [-0.25, -0.2) is 13.2 Å². The van der Waals surface area contributed by atoms with Crippen molar-refractivity contribution in [2.45, 2.75) is 30.7 Å². The minimum absolute atomic E-state index is 0.0493. The van der Waals surface area contributed by atoms with Gasteiger partial charge in [0.2, 0.25) is 10.0 Å². The number of aryl methyl sites for hydroxylation is 1. The number of fused-ring (bicyclic) bond motifs is 2. The fourth-order valence-corrected chi connectivity index (χ4v) is 5.69. The molecule has 0 unspecified atom stereocenters. The third-order valence-electron chi connectivity index (χ3n) is 5.86. The number of esters is 1. The van der Waals surface area contributed by atoms with Crippen LogP contribution in [0.15, 0.2) is 74.8 Å². The zero-order valence-electron chi connectivity index (χ0n) is 17.8. The highest BCUT2D eigenvalue weighted by Crippen LogP contribution is 2.26. The number of hydrogen-bond donors (Lipinski definition) is 0. The van der Waals surface area contributed by atoms with Crippen LogP contribution in [0.3, 0.4) is 0 Å². The fraction of sp³-hybridized carbons (Fsp3) is 0.250. The highest BCUT2D eigenvalue weighted by molar-refractivity contribution is 7.89. The van der Waals surface area contributed by atoms with Crippen LogP contribution in [0.2, 0.25) is 0 Å². The summed E-state index contributed by atoms with van der Waals surface area (Å²) in [5.41, 5.74) is 0.598. The molecule has 0 aliphatic carbocycles. The van der Waals surface area contributed by atoms with Crippen LogP contribution in [-0.2, 0) is 21.4 Å². The van der Waals surface area contributed by atoms with Gasteiger partial charge in [-0.3, -0.25) is 9.36 Å². The number of benzene rings is 3. The van der Waals surface area contributed by atoms with Crippen molar-refractivity contribution in [3.63, 3.8) is 0 Å². The molecule has 0 saturated carbocycles. The number of carbonyl (C=O) groups excluding carboxylic acids is 1. The maximum absolute atomic E-state index is 12.8. The summed E-state index contributed by atoms with van der Waals surface area (Å²) in [6.07, 6.45) is 1.62. The number of sulfonamides is 1. The summed E-state index contributed by atoms with van der Waals surface area (Å²) in [6.45, 7) is 1.03. The van der Waals surface area contributed by atoms with E-state index in [2.05, 4.69) is 0 Å². The van der Waals surface area contributed by atoms with Crippen LogP contribution in [0.4, 0.5) is 0 Å². The first-order valence-electron chi connectivity index (χ1n) is 10.8. The number of nitrogens with zero attached hydrogens (tertiary/aromatic N) is 2. The van der Waals surface area contributed by atoms with Crippen molar-refractivity contribution in [1.29, 1.82) is 0 Å². The summed E-state index contributed by atoms with van der Waals surface area (Å²) < 4.78 is 39.1. The first-order valence-corrected chi connectivity index (χ1v) is 12.2. The molecular formula is C24H22N2O6S. The molecule has 2 heterocycles. The normalized spacial score (nSPS) is 14.8. The molecule has 33 heavy (non-hydrogen) atoms. The molecule has 0 N–H and O–H groups in total. The lowest BCUT2D eigenvalue weighted by molar-refractivity contribution is -0.134. The van der Waals surface area contributed by atoms with Crippen LogP contribution in [-0.4, -0.2) is 36.3 Å². The number of rotatable bonds is 6. The van der Waals surface area contributed by atoms with Gasteiger partial charge in [-0.1, -0.05) is 36.4 Å². The van der Waals surface area contributed by atoms with Crippen molar-refractivity contribution in [2.75, 3.05) is 13.1 Å². The predicted molar refractivity (Wildman–Crippen MR) is 123 cm³/mol. The summed E-state index contributed by atoms with van der Waals surface area (Å²) >= 11 is 0. The van der Waals surface area contributed by atoms with E-state index >= 15 is 0 Å². The summed E-state index contributed by atoms with van der Waals surface area (Å²) in [4.78, 5) is 25.0. The Labute approximate surface area is 190 Å². The Morgan fingerprint density at radius 1 is 1.00 bits per heavy atom. The van der Waals surface area contributed by atoms with Gasteiger partial charge >= 0.3 is 11.7 Å². The largest absolute Gasteiger partial charge is 0.426 e. The number of hydrogen-bond acceptors (Lipinski definition) is 6. The summed E-state index contributed by atoms with van der Waals surface area (Å²) in [5, 5.41) is 1.78. The molecule has 4 aromatic rings. The van der Waals surface area contributed by atoms with E-state index in [0.29, 0.717) is 24.4 Å². The number of oxazole rings is 1. The highest BCUT2D eigenvalue weighted by Gasteiger charge is 2.28. The Morgan fingerprint density at radius 2 is 1.76 bits per heavy atom. The van der Waals surface area contributed by atoms with Gasteiger partial charge in [0.15, 0.2) is 5.58 Å². The van der Waals surface area contributed by atoms with Crippen LogP contribution in [0.25, 0.3) is 21.9 Å². The number of aromatic nitrogens is 1. The second-order valence-electron chi connectivity index (χ2n) is 7.96. The van der Waals surface area contributed by atoms with E-state index in [1.165, 1.54) is 21.0 Å².